The summed E-state index contributed by atoms with van der Waals surface area (Å²) < 4.78 is 4.76. The second-order valence-electron chi connectivity index (χ2n) is 17.1. The molecule has 0 aliphatic heterocycles. The molecule has 316 valence electrons. The predicted molar refractivity (Wildman–Crippen MR) is 285 cm³/mol. The lowest BCUT2D eigenvalue weighted by atomic mass is 9.98. The van der Waals surface area contributed by atoms with Crippen LogP contribution in [-0.2, 0) is 0 Å². The summed E-state index contributed by atoms with van der Waals surface area (Å²) in [4.78, 5) is 5.27. The Morgan fingerprint density at radius 3 is 1.81 bits per heavy atom. The molecule has 12 rings (SSSR count). The van der Waals surface area contributed by atoms with Gasteiger partial charge in [-0.15, -0.1) is 0 Å². The molecule has 12 aromatic rings. The largest absolute Gasteiger partial charge is 0.309 e. The van der Waals surface area contributed by atoms with Crippen molar-refractivity contribution >= 4 is 55.6 Å². The number of hydrogen-bond donors (Lipinski definition) is 0. The van der Waals surface area contributed by atoms with Crippen LogP contribution in [-0.4, -0.2) is 14.1 Å². The minimum atomic E-state index is 0.934. The smallest absolute Gasteiger partial charge is 0.0716 e. The molecule has 0 unspecified atom stereocenters. The lowest BCUT2D eigenvalue weighted by Gasteiger charge is -2.13. The molecule has 3 heteroatoms. The molecule has 0 spiro atoms. The van der Waals surface area contributed by atoms with Gasteiger partial charge in [-0.05, 0) is 118 Å². The van der Waals surface area contributed by atoms with Crippen molar-refractivity contribution in [2.45, 2.75) is 6.92 Å². The third-order valence-corrected chi connectivity index (χ3v) is 13.2. The van der Waals surface area contributed by atoms with E-state index in [0.717, 1.165) is 84.0 Å². The number of para-hydroxylation sites is 1. The Kier molecular flexibility index (Phi) is 9.88. The summed E-state index contributed by atoms with van der Waals surface area (Å²) in [5.74, 6) is 0. The third-order valence-electron chi connectivity index (χ3n) is 13.2. The number of rotatable bonds is 9. The van der Waals surface area contributed by atoms with E-state index in [0.29, 0.717) is 0 Å². The minimum absolute atomic E-state index is 0.934. The standard InChI is InChI=1S/C64H45N3/c1-3-17-55-57-36-32-48(42-64(57)66(61(55)4-2)51-34-30-45(31-35-51)54-28-16-23-44-20-11-12-26-53(44)54)47-33-37-63-58(39-47)56-27-13-14-29-62(56)67(63)52-25-15-24-49(38-52)60-41-50(43-18-7-5-8-19-43)40-59(65-60)46-21-9-6-10-22-46/h3-42H,2H2,1H3/b17-3-. The lowest BCUT2D eigenvalue weighted by molar-refractivity contribution is 1.11. The summed E-state index contributed by atoms with van der Waals surface area (Å²) in [5.41, 5.74) is 18.9. The normalized spacial score (nSPS) is 11.7. The fourth-order valence-corrected chi connectivity index (χ4v) is 10.1. The van der Waals surface area contributed by atoms with Gasteiger partial charge in [0.2, 0.25) is 0 Å². The van der Waals surface area contributed by atoms with Crippen LogP contribution in [0.4, 0.5) is 0 Å². The first-order chi connectivity index (χ1) is 33.1. The summed E-state index contributed by atoms with van der Waals surface area (Å²) in [6, 6.07) is 80.9. The minimum Gasteiger partial charge on any atom is -0.309 e. The average molecular weight is 856 g/mol. The van der Waals surface area contributed by atoms with Crippen LogP contribution in [0.5, 0.6) is 0 Å². The number of aromatic nitrogens is 3. The molecular formula is C64H45N3. The van der Waals surface area contributed by atoms with Gasteiger partial charge < -0.3 is 9.13 Å². The molecule has 67 heavy (non-hydrogen) atoms. The Labute approximate surface area is 390 Å². The first kappa shape index (κ1) is 39.8. The van der Waals surface area contributed by atoms with E-state index in [1.807, 2.05) is 12.1 Å². The lowest BCUT2D eigenvalue weighted by Crippen LogP contribution is -1.97. The second-order valence-corrected chi connectivity index (χ2v) is 17.1. The average Bonchev–Trinajstić information content (AvgIpc) is 3.90. The quantitative estimate of drug-likeness (QED) is 0.142. The number of benzene rings is 9. The highest BCUT2D eigenvalue weighted by Gasteiger charge is 2.19. The molecule has 0 amide bonds. The number of fused-ring (bicyclic) bond motifs is 5. The van der Waals surface area contributed by atoms with Crippen molar-refractivity contribution in [1.82, 2.24) is 14.1 Å². The molecule has 0 atom stereocenters. The zero-order valence-corrected chi connectivity index (χ0v) is 37.1. The fraction of sp³-hybridized carbons (Fsp3) is 0.0156. The van der Waals surface area contributed by atoms with Crippen LogP contribution >= 0.6 is 0 Å². The van der Waals surface area contributed by atoms with E-state index in [1.54, 1.807) is 0 Å². The Bertz CT molecular complexity index is 3810. The van der Waals surface area contributed by atoms with E-state index >= 15 is 0 Å². The third kappa shape index (κ3) is 6.97. The molecule has 9 aromatic carbocycles. The van der Waals surface area contributed by atoms with Crippen LogP contribution in [0.2, 0.25) is 0 Å². The molecular weight excluding hydrogens is 811 g/mol. The van der Waals surface area contributed by atoms with Crippen LogP contribution in [0.15, 0.2) is 237 Å². The van der Waals surface area contributed by atoms with Gasteiger partial charge in [-0.2, -0.15) is 0 Å². The van der Waals surface area contributed by atoms with Crippen LogP contribution in [0.25, 0.3) is 123 Å². The number of allylic oxidation sites excluding steroid dienone is 1. The Balaban J connectivity index is 0.966. The van der Waals surface area contributed by atoms with Gasteiger partial charge in [0.05, 0.1) is 33.6 Å². The van der Waals surface area contributed by atoms with Crippen LogP contribution in [0.3, 0.4) is 0 Å². The summed E-state index contributed by atoms with van der Waals surface area (Å²) in [5, 5.41) is 6.10. The van der Waals surface area contributed by atoms with Gasteiger partial charge in [-0.1, -0.05) is 183 Å². The SMILES string of the molecule is C=Cc1c(/C=C\C)c2ccc(-c3ccc4c(c3)c3ccccc3n4-c3cccc(-c4cc(-c5ccccc5)cc(-c5ccccc5)n4)c3)cc2n1-c1ccc(-c2cccc3ccccc23)cc1. The van der Waals surface area contributed by atoms with Gasteiger partial charge in [0.15, 0.2) is 0 Å². The summed E-state index contributed by atoms with van der Waals surface area (Å²) in [7, 11) is 0. The summed E-state index contributed by atoms with van der Waals surface area (Å²) >= 11 is 0. The number of pyridine rings is 1. The van der Waals surface area contributed by atoms with E-state index in [2.05, 4.69) is 253 Å². The molecule has 0 fully saturated rings. The van der Waals surface area contributed by atoms with E-state index in [4.69, 9.17) is 4.98 Å². The molecule has 3 nitrogen and oxygen atoms in total. The molecule has 0 saturated heterocycles. The van der Waals surface area contributed by atoms with Crippen molar-refractivity contribution in [1.29, 1.82) is 0 Å². The Morgan fingerprint density at radius 2 is 1.01 bits per heavy atom. The molecule has 3 heterocycles. The molecule has 0 aliphatic rings. The number of nitrogens with zero attached hydrogens (tertiary/aromatic N) is 3. The van der Waals surface area contributed by atoms with Crippen LogP contribution in [0.1, 0.15) is 18.2 Å². The maximum atomic E-state index is 5.27. The van der Waals surface area contributed by atoms with Crippen molar-refractivity contribution < 1.29 is 0 Å². The van der Waals surface area contributed by atoms with Crippen molar-refractivity contribution in [3.8, 4) is 67.3 Å². The second kappa shape index (κ2) is 16.6. The van der Waals surface area contributed by atoms with Gasteiger partial charge in [-0.3, -0.25) is 0 Å². The van der Waals surface area contributed by atoms with Crippen molar-refractivity contribution in [2.24, 2.45) is 0 Å². The number of hydrogen-bond acceptors (Lipinski definition) is 1. The van der Waals surface area contributed by atoms with Crippen molar-refractivity contribution in [2.75, 3.05) is 0 Å². The molecule has 0 saturated carbocycles. The van der Waals surface area contributed by atoms with Crippen molar-refractivity contribution in [3.63, 3.8) is 0 Å². The highest BCUT2D eigenvalue weighted by Crippen LogP contribution is 2.40. The summed E-state index contributed by atoms with van der Waals surface area (Å²) in [6.45, 7) is 6.40. The van der Waals surface area contributed by atoms with Crippen LogP contribution in [0, 0.1) is 0 Å². The van der Waals surface area contributed by atoms with E-state index in [1.165, 1.54) is 38.1 Å². The monoisotopic (exact) mass is 855 g/mol. The van der Waals surface area contributed by atoms with E-state index < -0.39 is 0 Å². The Hall–Kier alpha value is -8.79. The van der Waals surface area contributed by atoms with Gasteiger partial charge in [-0.25, -0.2) is 4.98 Å². The van der Waals surface area contributed by atoms with Gasteiger partial charge in [0.25, 0.3) is 0 Å². The summed E-state index contributed by atoms with van der Waals surface area (Å²) in [6.07, 6.45) is 6.30. The molecule has 0 N–H and O–H groups in total. The maximum absolute atomic E-state index is 5.27. The molecule has 0 bridgehead atoms. The topological polar surface area (TPSA) is 22.8 Å². The first-order valence-electron chi connectivity index (χ1n) is 22.9. The highest BCUT2D eigenvalue weighted by atomic mass is 15.0. The molecule has 3 aromatic heterocycles. The fourth-order valence-electron chi connectivity index (χ4n) is 10.1. The van der Waals surface area contributed by atoms with E-state index in [-0.39, 0.29) is 0 Å². The van der Waals surface area contributed by atoms with Gasteiger partial charge in [0, 0.05) is 44.2 Å². The van der Waals surface area contributed by atoms with Gasteiger partial charge in [0.1, 0.15) is 0 Å². The maximum Gasteiger partial charge on any atom is 0.0716 e. The van der Waals surface area contributed by atoms with Crippen molar-refractivity contribution in [3.05, 3.63) is 248 Å². The zero-order valence-electron chi connectivity index (χ0n) is 37.1. The highest BCUT2D eigenvalue weighted by molar-refractivity contribution is 6.11. The molecule has 0 aliphatic carbocycles. The van der Waals surface area contributed by atoms with Gasteiger partial charge >= 0.3 is 0 Å². The first-order valence-corrected chi connectivity index (χ1v) is 22.9. The predicted octanol–water partition coefficient (Wildman–Crippen LogP) is 17.3. The molecule has 0 radical (unpaired) electrons. The van der Waals surface area contributed by atoms with Crippen LogP contribution < -0.4 is 0 Å². The van der Waals surface area contributed by atoms with E-state index in [9.17, 15) is 0 Å². The Morgan fingerprint density at radius 1 is 0.388 bits per heavy atom. The zero-order chi connectivity index (χ0) is 44.8.